The number of rotatable bonds is 2. The molecule has 0 radical (unpaired) electrons. The Morgan fingerprint density at radius 3 is 2.69 bits per heavy atom. The highest BCUT2D eigenvalue weighted by molar-refractivity contribution is 6.38. The van der Waals surface area contributed by atoms with E-state index in [-0.39, 0.29) is 12.2 Å². The molecule has 3 nitrogen and oxygen atoms in total. The summed E-state index contributed by atoms with van der Waals surface area (Å²) in [4.78, 5) is 15.7. The van der Waals surface area contributed by atoms with Crippen LogP contribution in [0.4, 0.5) is 0 Å². The smallest absolute Gasteiger partial charge is 0.354 e. The Hall–Kier alpha value is -0.860. The molecule has 1 aliphatic carbocycles. The van der Waals surface area contributed by atoms with Crippen LogP contribution in [0.1, 0.15) is 39.0 Å². The van der Waals surface area contributed by atoms with Crippen molar-refractivity contribution in [2.45, 2.75) is 45.3 Å². The molecule has 0 aromatic carbocycles. The van der Waals surface area contributed by atoms with Crippen LogP contribution in [0.3, 0.4) is 0 Å². The normalized spacial score (nSPS) is 29.2. The summed E-state index contributed by atoms with van der Waals surface area (Å²) in [6.45, 7) is 1.99. The lowest BCUT2D eigenvalue weighted by Crippen LogP contribution is -2.19. The van der Waals surface area contributed by atoms with Crippen molar-refractivity contribution < 1.29 is 9.53 Å². The number of aliphatic imine (C=N–C) groups is 1. The summed E-state index contributed by atoms with van der Waals surface area (Å²) < 4.78 is 5.09. The molecule has 0 amide bonds. The number of hydrogen-bond donors (Lipinski definition) is 0. The van der Waals surface area contributed by atoms with E-state index < -0.39 is 0 Å². The van der Waals surface area contributed by atoms with Gasteiger partial charge in [0.15, 0.2) is 6.23 Å². The van der Waals surface area contributed by atoms with E-state index in [1.165, 1.54) is 12.8 Å². The maximum absolute atomic E-state index is 11.4. The second-order valence-electron chi connectivity index (χ2n) is 3.76. The second kappa shape index (κ2) is 3.48. The van der Waals surface area contributed by atoms with Gasteiger partial charge in [0.1, 0.15) is 5.71 Å². The zero-order valence-corrected chi connectivity index (χ0v) is 7.95. The zero-order valence-electron chi connectivity index (χ0n) is 7.95. The molecule has 1 heterocycles. The Morgan fingerprint density at radius 1 is 1.46 bits per heavy atom. The third-order valence-corrected chi connectivity index (χ3v) is 2.83. The highest BCUT2D eigenvalue weighted by Gasteiger charge is 2.33. The van der Waals surface area contributed by atoms with Crippen molar-refractivity contribution in [3.8, 4) is 0 Å². The molecule has 0 saturated heterocycles. The standard InChI is InChI=1S/C10H15NO2/c1-2-8-11-9(10(12)13-8)7-5-3-4-6-7/h7-8H,2-6H2,1H3. The summed E-state index contributed by atoms with van der Waals surface area (Å²) in [5.74, 6) is 0.225. The van der Waals surface area contributed by atoms with Crippen molar-refractivity contribution in [1.29, 1.82) is 0 Å². The molecule has 13 heavy (non-hydrogen) atoms. The van der Waals surface area contributed by atoms with Crippen LogP contribution >= 0.6 is 0 Å². The Balaban J connectivity index is 2.08. The first kappa shape index (κ1) is 8.73. The fraction of sp³-hybridized carbons (Fsp3) is 0.800. The maximum atomic E-state index is 11.4. The van der Waals surface area contributed by atoms with E-state index in [9.17, 15) is 4.79 Å². The monoisotopic (exact) mass is 181 g/mol. The Kier molecular flexibility index (Phi) is 2.34. The lowest BCUT2D eigenvalue weighted by atomic mass is 10.0. The lowest BCUT2D eigenvalue weighted by Gasteiger charge is -2.03. The second-order valence-corrected chi connectivity index (χ2v) is 3.76. The van der Waals surface area contributed by atoms with Gasteiger partial charge in [-0.1, -0.05) is 19.8 Å². The molecular weight excluding hydrogens is 166 g/mol. The summed E-state index contributed by atoms with van der Waals surface area (Å²) in [7, 11) is 0. The van der Waals surface area contributed by atoms with Gasteiger partial charge in [-0.3, -0.25) is 0 Å². The summed E-state index contributed by atoms with van der Waals surface area (Å²) in [5.41, 5.74) is 0.712. The molecule has 0 aromatic heterocycles. The van der Waals surface area contributed by atoms with E-state index in [2.05, 4.69) is 4.99 Å². The Morgan fingerprint density at radius 2 is 2.15 bits per heavy atom. The number of hydrogen-bond acceptors (Lipinski definition) is 3. The molecule has 1 aliphatic heterocycles. The quantitative estimate of drug-likeness (QED) is 0.610. The highest BCUT2D eigenvalue weighted by Crippen LogP contribution is 2.29. The van der Waals surface area contributed by atoms with Gasteiger partial charge >= 0.3 is 5.97 Å². The minimum Gasteiger partial charge on any atom is -0.435 e. The molecule has 1 fully saturated rings. The molecule has 0 aromatic rings. The third-order valence-electron chi connectivity index (χ3n) is 2.83. The van der Waals surface area contributed by atoms with Crippen LogP contribution in [0.25, 0.3) is 0 Å². The van der Waals surface area contributed by atoms with Gasteiger partial charge in [0.05, 0.1) is 0 Å². The molecule has 72 valence electrons. The van der Waals surface area contributed by atoms with E-state index >= 15 is 0 Å². The minimum absolute atomic E-state index is 0.168. The van der Waals surface area contributed by atoms with Gasteiger partial charge in [-0.15, -0.1) is 0 Å². The fourth-order valence-electron chi connectivity index (χ4n) is 2.06. The summed E-state index contributed by atoms with van der Waals surface area (Å²) in [6.07, 6.45) is 5.29. The number of carbonyl (C=O) groups excluding carboxylic acids is 1. The van der Waals surface area contributed by atoms with Gasteiger partial charge in [0.2, 0.25) is 0 Å². The van der Waals surface area contributed by atoms with Crippen LogP contribution in [0.2, 0.25) is 0 Å². The van der Waals surface area contributed by atoms with Crippen LogP contribution in [0, 0.1) is 5.92 Å². The van der Waals surface area contributed by atoms with Crippen LogP contribution in [0.15, 0.2) is 4.99 Å². The van der Waals surface area contributed by atoms with E-state index in [1.54, 1.807) is 0 Å². The van der Waals surface area contributed by atoms with Crippen molar-refractivity contribution in [3.05, 3.63) is 0 Å². The Labute approximate surface area is 78.2 Å². The summed E-state index contributed by atoms with van der Waals surface area (Å²) >= 11 is 0. The van der Waals surface area contributed by atoms with Crippen LogP contribution < -0.4 is 0 Å². The molecule has 0 spiro atoms. The first-order valence-electron chi connectivity index (χ1n) is 5.10. The first-order chi connectivity index (χ1) is 6.31. The number of carbonyl (C=O) groups is 1. The van der Waals surface area contributed by atoms with Gasteiger partial charge in [-0.25, -0.2) is 9.79 Å². The maximum Gasteiger partial charge on any atom is 0.354 e. The van der Waals surface area contributed by atoms with Gasteiger partial charge in [0.25, 0.3) is 0 Å². The average Bonchev–Trinajstić information content (AvgIpc) is 2.72. The molecule has 0 N–H and O–H groups in total. The molecule has 3 heteroatoms. The number of esters is 1. The SMILES string of the molecule is CCC1N=C(C2CCCC2)C(=O)O1. The van der Waals surface area contributed by atoms with Crippen molar-refractivity contribution in [2.75, 3.05) is 0 Å². The van der Waals surface area contributed by atoms with Crippen LogP contribution in [0.5, 0.6) is 0 Å². The van der Waals surface area contributed by atoms with E-state index in [1.807, 2.05) is 6.92 Å². The molecule has 1 unspecified atom stereocenters. The largest absolute Gasteiger partial charge is 0.435 e. The predicted molar refractivity (Wildman–Crippen MR) is 49.6 cm³/mol. The highest BCUT2D eigenvalue weighted by atomic mass is 16.6. The topological polar surface area (TPSA) is 38.7 Å². The number of nitrogens with zero attached hydrogens (tertiary/aromatic N) is 1. The molecule has 2 aliphatic rings. The van der Waals surface area contributed by atoms with Gasteiger partial charge < -0.3 is 4.74 Å². The number of cyclic esters (lactones) is 1. The molecule has 0 bridgehead atoms. The van der Waals surface area contributed by atoms with Gasteiger partial charge in [0, 0.05) is 12.3 Å². The van der Waals surface area contributed by atoms with Crippen LogP contribution in [-0.4, -0.2) is 17.9 Å². The number of ether oxygens (including phenoxy) is 1. The van der Waals surface area contributed by atoms with Crippen molar-refractivity contribution >= 4 is 11.7 Å². The summed E-state index contributed by atoms with van der Waals surface area (Å²) in [5, 5.41) is 0. The molecule has 1 atom stereocenters. The van der Waals surface area contributed by atoms with E-state index in [4.69, 9.17) is 4.74 Å². The minimum atomic E-state index is -0.192. The van der Waals surface area contributed by atoms with Gasteiger partial charge in [-0.05, 0) is 12.8 Å². The van der Waals surface area contributed by atoms with E-state index in [0.29, 0.717) is 11.6 Å². The molecule has 2 rings (SSSR count). The van der Waals surface area contributed by atoms with Crippen molar-refractivity contribution in [3.63, 3.8) is 0 Å². The summed E-state index contributed by atoms with van der Waals surface area (Å²) in [6, 6.07) is 0. The zero-order chi connectivity index (χ0) is 9.26. The third kappa shape index (κ3) is 1.60. The average molecular weight is 181 g/mol. The van der Waals surface area contributed by atoms with E-state index in [0.717, 1.165) is 19.3 Å². The molecule has 1 saturated carbocycles. The van der Waals surface area contributed by atoms with Gasteiger partial charge in [-0.2, -0.15) is 0 Å². The molecular formula is C10H15NO2. The lowest BCUT2D eigenvalue weighted by molar-refractivity contribution is -0.137. The Bertz CT molecular complexity index is 241. The van der Waals surface area contributed by atoms with Crippen molar-refractivity contribution in [2.24, 2.45) is 10.9 Å². The van der Waals surface area contributed by atoms with Crippen LogP contribution in [-0.2, 0) is 9.53 Å². The van der Waals surface area contributed by atoms with Crippen molar-refractivity contribution in [1.82, 2.24) is 0 Å². The predicted octanol–water partition coefficient (Wildman–Crippen LogP) is 1.91. The first-order valence-corrected chi connectivity index (χ1v) is 5.10. The fourth-order valence-corrected chi connectivity index (χ4v) is 2.06.